The first-order valence-corrected chi connectivity index (χ1v) is 16.9. The summed E-state index contributed by atoms with van der Waals surface area (Å²) < 4.78 is 23.1. The molecule has 0 amide bonds. The van der Waals surface area contributed by atoms with Gasteiger partial charge < -0.3 is 49.2 Å². The molecule has 2 saturated heterocycles. The number of ether oxygens (including phenoxy) is 4. The van der Waals surface area contributed by atoms with Crippen molar-refractivity contribution in [3.05, 3.63) is 46.5 Å². The van der Waals surface area contributed by atoms with Crippen molar-refractivity contribution < 1.29 is 49.0 Å². The maximum atomic E-state index is 12.7. The molecule has 4 heterocycles. The van der Waals surface area contributed by atoms with Crippen molar-refractivity contribution in [1.29, 1.82) is 0 Å². The minimum Gasteiger partial charge on any atom is -0.493 e. The van der Waals surface area contributed by atoms with E-state index in [9.17, 15) is 30.0 Å². The van der Waals surface area contributed by atoms with Gasteiger partial charge in [-0.1, -0.05) is 12.1 Å². The van der Waals surface area contributed by atoms with Gasteiger partial charge in [-0.15, -0.1) is 0 Å². The summed E-state index contributed by atoms with van der Waals surface area (Å²) in [6, 6.07) is 7.27. The third-order valence-corrected chi connectivity index (χ3v) is 13.6. The van der Waals surface area contributed by atoms with E-state index in [0.717, 1.165) is 35.3 Å². The number of hydrogen-bond donors (Lipinski definition) is 4. The fraction of sp³-hybridized carbons (Fsp3) is 0.611. The Morgan fingerprint density at radius 2 is 1.08 bits per heavy atom. The minimum absolute atomic E-state index is 0.0705. The van der Waals surface area contributed by atoms with Gasteiger partial charge in [-0.05, 0) is 76.1 Å². The zero-order valence-electron chi connectivity index (χ0n) is 27.6. The molecule has 256 valence electrons. The molecule has 8 aliphatic rings. The van der Waals surface area contributed by atoms with Crippen LogP contribution in [0.25, 0.3) is 0 Å². The van der Waals surface area contributed by atoms with Crippen molar-refractivity contribution in [2.45, 2.75) is 97.1 Å². The number of ketones is 2. The SMILES string of the molecule is COc1ccc2c3c1O[C@H]1C(=O)CC(O)[C@@]4(O)[C@@H](C2)N(C)CC[C@]314.COc1ccc2c3c1O[C@H]1C(=O)CC(O)[C@@]4(O)[C@@H](C2)N(C)CC[C@]314. The van der Waals surface area contributed by atoms with E-state index < -0.39 is 46.4 Å². The summed E-state index contributed by atoms with van der Waals surface area (Å²) in [5.41, 5.74) is -0.608. The molecule has 12 heteroatoms. The second kappa shape index (κ2) is 9.70. The van der Waals surface area contributed by atoms with Crippen LogP contribution in [-0.4, -0.2) is 131 Å². The molecule has 4 aliphatic carbocycles. The normalized spacial score (nSPS) is 42.5. The molecule has 4 fully saturated rings. The lowest BCUT2D eigenvalue weighted by atomic mass is 9.48. The van der Waals surface area contributed by atoms with Crippen LogP contribution in [-0.2, 0) is 33.3 Å². The Hall–Kier alpha value is -3.26. The van der Waals surface area contributed by atoms with E-state index in [1.807, 2.05) is 38.4 Å². The first kappa shape index (κ1) is 30.8. The Bertz CT molecular complexity index is 1660. The number of carbonyl (C=O) groups is 2. The van der Waals surface area contributed by atoms with Crippen LogP contribution in [0.2, 0.25) is 0 Å². The zero-order valence-corrected chi connectivity index (χ0v) is 27.6. The number of rotatable bonds is 2. The third-order valence-electron chi connectivity index (χ3n) is 13.6. The summed E-state index contributed by atoms with van der Waals surface area (Å²) in [5, 5.41) is 45.1. The van der Waals surface area contributed by atoms with Crippen LogP contribution in [0.15, 0.2) is 24.3 Å². The maximum Gasteiger partial charge on any atom is 0.177 e. The summed E-state index contributed by atoms with van der Waals surface area (Å²) in [6.45, 7) is 1.51. The fourth-order valence-electron chi connectivity index (χ4n) is 11.5. The van der Waals surface area contributed by atoms with Crippen LogP contribution >= 0.6 is 0 Å². The van der Waals surface area contributed by atoms with E-state index in [2.05, 4.69) is 9.80 Å². The quantitative estimate of drug-likeness (QED) is 0.343. The van der Waals surface area contributed by atoms with Gasteiger partial charge in [0.1, 0.15) is 11.2 Å². The van der Waals surface area contributed by atoms with Crippen molar-refractivity contribution in [2.24, 2.45) is 0 Å². The van der Waals surface area contributed by atoms with Crippen LogP contribution < -0.4 is 18.9 Å². The van der Waals surface area contributed by atoms with E-state index >= 15 is 0 Å². The number of likely N-dealkylation sites (tertiary alicyclic amines) is 2. The van der Waals surface area contributed by atoms with Crippen molar-refractivity contribution in [3.8, 4) is 23.0 Å². The van der Waals surface area contributed by atoms with Gasteiger partial charge in [0.25, 0.3) is 0 Å². The monoisotopic (exact) mass is 662 g/mol. The Morgan fingerprint density at radius 3 is 1.46 bits per heavy atom. The second-order valence-corrected chi connectivity index (χ2v) is 15.1. The molecule has 4 N–H and O–H groups in total. The van der Waals surface area contributed by atoms with Gasteiger partial charge >= 0.3 is 0 Å². The molecule has 0 radical (unpaired) electrons. The largest absolute Gasteiger partial charge is 0.493 e. The van der Waals surface area contributed by atoms with Crippen LogP contribution in [0.1, 0.15) is 47.9 Å². The molecule has 4 aliphatic heterocycles. The third kappa shape index (κ3) is 3.19. The Kier molecular flexibility index (Phi) is 6.22. The van der Waals surface area contributed by atoms with E-state index in [1.165, 1.54) is 0 Å². The number of Topliss-reactive ketones (excluding diaryl/α,β-unsaturated/α-hetero) is 2. The first-order valence-electron chi connectivity index (χ1n) is 16.9. The fourth-order valence-corrected chi connectivity index (χ4v) is 11.5. The number of benzene rings is 2. The summed E-state index contributed by atoms with van der Waals surface area (Å²) >= 11 is 0. The lowest BCUT2D eigenvalue weighted by molar-refractivity contribution is -0.226. The number of likely N-dealkylation sites (N-methyl/N-ethyl adjacent to an activating group) is 2. The van der Waals surface area contributed by atoms with E-state index in [4.69, 9.17) is 18.9 Å². The van der Waals surface area contributed by atoms with Gasteiger partial charge in [-0.3, -0.25) is 9.59 Å². The highest BCUT2D eigenvalue weighted by atomic mass is 16.5. The Morgan fingerprint density at radius 1 is 0.688 bits per heavy atom. The first-order chi connectivity index (χ1) is 22.9. The van der Waals surface area contributed by atoms with E-state index in [1.54, 1.807) is 14.2 Å². The predicted molar refractivity (Wildman–Crippen MR) is 169 cm³/mol. The molecule has 48 heavy (non-hydrogen) atoms. The van der Waals surface area contributed by atoms with Gasteiger partial charge in [0.2, 0.25) is 0 Å². The average molecular weight is 663 g/mol. The molecule has 12 nitrogen and oxygen atoms in total. The molecule has 10 atom stereocenters. The molecule has 10 rings (SSSR count). The Labute approximate surface area is 278 Å². The van der Waals surface area contributed by atoms with Crippen LogP contribution in [0.5, 0.6) is 23.0 Å². The van der Waals surface area contributed by atoms with Crippen LogP contribution in [0.3, 0.4) is 0 Å². The van der Waals surface area contributed by atoms with Crippen molar-refractivity contribution in [1.82, 2.24) is 9.80 Å². The average Bonchev–Trinajstić information content (AvgIpc) is 3.61. The maximum absolute atomic E-state index is 12.7. The van der Waals surface area contributed by atoms with E-state index in [0.29, 0.717) is 48.7 Å². The lowest BCUT2D eigenvalue weighted by Crippen LogP contribution is -2.80. The molecule has 2 aromatic rings. The minimum atomic E-state index is -1.39. The molecule has 4 bridgehead atoms. The summed E-state index contributed by atoms with van der Waals surface area (Å²) in [6.07, 6.45) is -1.37. The number of nitrogens with zero attached hydrogens (tertiary/aromatic N) is 2. The summed E-state index contributed by atoms with van der Waals surface area (Å²) in [5.74, 6) is 2.04. The van der Waals surface area contributed by atoms with Gasteiger partial charge in [0.05, 0.1) is 37.3 Å². The topological polar surface area (TPSA) is 158 Å². The van der Waals surface area contributed by atoms with Crippen molar-refractivity contribution >= 4 is 11.6 Å². The van der Waals surface area contributed by atoms with Gasteiger partial charge in [-0.25, -0.2) is 0 Å². The molecular formula is C36H42N2O10. The molecular weight excluding hydrogens is 620 g/mol. The lowest BCUT2D eigenvalue weighted by Gasteiger charge is -2.63. The number of piperidine rings is 2. The van der Waals surface area contributed by atoms with Crippen molar-refractivity contribution in [3.63, 3.8) is 0 Å². The number of methoxy groups -OCH3 is 2. The van der Waals surface area contributed by atoms with Gasteiger partial charge in [0, 0.05) is 36.1 Å². The molecule has 2 unspecified atom stereocenters. The second-order valence-electron chi connectivity index (χ2n) is 15.1. The highest BCUT2D eigenvalue weighted by Gasteiger charge is 2.77. The number of carbonyl (C=O) groups excluding carboxylic acids is 2. The highest BCUT2D eigenvalue weighted by Crippen LogP contribution is 2.66. The van der Waals surface area contributed by atoms with Crippen molar-refractivity contribution in [2.75, 3.05) is 41.4 Å². The molecule has 2 spiro atoms. The molecule has 0 aromatic heterocycles. The molecule has 2 aromatic carbocycles. The Balaban J connectivity index is 0.000000131. The van der Waals surface area contributed by atoms with Crippen LogP contribution in [0.4, 0.5) is 0 Å². The zero-order chi connectivity index (χ0) is 33.7. The number of aliphatic hydroxyl groups excluding tert-OH is 2. The highest BCUT2D eigenvalue weighted by molar-refractivity contribution is 5.91. The molecule has 2 saturated carbocycles. The summed E-state index contributed by atoms with van der Waals surface area (Å²) in [4.78, 5) is 29.6. The summed E-state index contributed by atoms with van der Waals surface area (Å²) in [7, 11) is 7.09. The number of aliphatic hydroxyl groups is 4. The van der Waals surface area contributed by atoms with Gasteiger partial charge in [-0.2, -0.15) is 0 Å². The van der Waals surface area contributed by atoms with Crippen LogP contribution in [0, 0.1) is 0 Å². The van der Waals surface area contributed by atoms with Gasteiger partial charge in [0.15, 0.2) is 46.8 Å². The predicted octanol–water partition coefficient (Wildman–Crippen LogP) is 0.0380. The number of hydrogen-bond acceptors (Lipinski definition) is 12. The van der Waals surface area contributed by atoms with E-state index in [-0.39, 0.29) is 36.5 Å². The smallest absolute Gasteiger partial charge is 0.177 e. The standard InChI is InChI=1S/2C18H21NO5/c2*1-19-6-5-17-14-9-3-4-11(23-2)15(14)24-16(17)10(20)8-13(21)18(17,22)12(19)7-9/h2*3-4,12-13,16,21-22H,5-8H2,1-2H3/t2*12-,13?,16+,17+,18+/m11/s1.